The van der Waals surface area contributed by atoms with E-state index in [4.69, 9.17) is 9.47 Å². The van der Waals surface area contributed by atoms with Crippen molar-refractivity contribution < 1.29 is 23.9 Å². The number of methoxy groups -OCH3 is 2. The van der Waals surface area contributed by atoms with Crippen LogP contribution in [0.15, 0.2) is 88.8 Å². The molecule has 1 aromatic carbocycles. The second-order valence-corrected chi connectivity index (χ2v) is 8.89. The molecule has 1 heterocycles. The van der Waals surface area contributed by atoms with Gasteiger partial charge in [-0.15, -0.1) is 0 Å². The molecule has 0 saturated heterocycles. The van der Waals surface area contributed by atoms with Gasteiger partial charge in [-0.25, -0.2) is 4.39 Å². The number of fused-ring (bicyclic) bond motifs is 1. The van der Waals surface area contributed by atoms with Gasteiger partial charge in [-0.2, -0.15) is 0 Å². The van der Waals surface area contributed by atoms with E-state index in [0.29, 0.717) is 18.1 Å². The Labute approximate surface area is 209 Å². The fourth-order valence-corrected chi connectivity index (χ4v) is 4.67. The molecule has 2 N–H and O–H groups in total. The van der Waals surface area contributed by atoms with Crippen LogP contribution >= 0.6 is 0 Å². The Balaban J connectivity index is 1.71. The molecule has 0 spiro atoms. The molecule has 0 aliphatic heterocycles. The number of halogens is 1. The van der Waals surface area contributed by atoms with Crippen molar-refractivity contribution in [1.82, 2.24) is 10.3 Å². The highest BCUT2D eigenvalue weighted by molar-refractivity contribution is 6.11. The molecule has 0 saturated carbocycles. The average Bonchev–Trinajstić information content (AvgIpc) is 3.08. The largest absolute Gasteiger partial charge is 0.494 e. The standard InChI is InChI=1S/C28H28FN3O4/c1-17-22(10-19-11-24(35-3)27(32-34)25(12-19)36-4)21-8-7-20(29)13-23(21)28(17,2)14-26(33)31-16-18-6-5-9-30-15-18/h5-13,15,34H,14,16H2,1-4H3,(H,31,33). The Bertz CT molecular complexity index is 1320. The number of amides is 1. The summed E-state index contributed by atoms with van der Waals surface area (Å²) < 4.78 is 25.1. The molecule has 4 rings (SSSR count). The fraction of sp³-hybridized carbons (Fsp3) is 0.250. The third-order valence-electron chi connectivity index (χ3n) is 6.74. The van der Waals surface area contributed by atoms with Crippen LogP contribution < -0.4 is 5.32 Å². The van der Waals surface area contributed by atoms with Crippen LogP contribution in [0.1, 0.15) is 37.0 Å². The van der Waals surface area contributed by atoms with Gasteiger partial charge in [0.2, 0.25) is 5.91 Å². The van der Waals surface area contributed by atoms with E-state index in [1.807, 2.05) is 32.1 Å². The summed E-state index contributed by atoms with van der Waals surface area (Å²) in [7, 11) is 2.96. The molecular weight excluding hydrogens is 461 g/mol. The molecule has 0 bridgehead atoms. The number of aromatic nitrogens is 1. The monoisotopic (exact) mass is 489 g/mol. The molecule has 1 atom stereocenters. The highest BCUT2D eigenvalue weighted by Crippen LogP contribution is 2.49. The summed E-state index contributed by atoms with van der Waals surface area (Å²) in [6, 6.07) is 8.38. The van der Waals surface area contributed by atoms with Crippen molar-refractivity contribution in [3.8, 4) is 0 Å². The molecule has 7 nitrogen and oxygen atoms in total. The Hall–Kier alpha value is -4.20. The zero-order chi connectivity index (χ0) is 25.9. The van der Waals surface area contributed by atoms with Crippen LogP contribution in [0, 0.1) is 5.82 Å². The Morgan fingerprint density at radius 2 is 1.94 bits per heavy atom. The van der Waals surface area contributed by atoms with Gasteiger partial charge in [-0.05, 0) is 71.2 Å². The van der Waals surface area contributed by atoms with Gasteiger partial charge in [-0.1, -0.05) is 29.8 Å². The van der Waals surface area contributed by atoms with Gasteiger partial charge >= 0.3 is 0 Å². The van der Waals surface area contributed by atoms with Crippen molar-refractivity contribution in [1.29, 1.82) is 0 Å². The molecule has 1 unspecified atom stereocenters. The summed E-state index contributed by atoms with van der Waals surface area (Å²) in [6.45, 7) is 4.28. The molecule has 0 radical (unpaired) electrons. The molecular formula is C28H28FN3O4. The molecule has 0 fully saturated rings. The zero-order valence-electron chi connectivity index (χ0n) is 20.6. The normalized spacial score (nSPS) is 18.8. The number of nitrogens with one attached hydrogen (secondary N) is 1. The number of allylic oxidation sites excluding steroid dienone is 6. The lowest BCUT2D eigenvalue weighted by molar-refractivity contribution is -0.122. The Kier molecular flexibility index (Phi) is 7.05. The number of carbonyl (C=O) groups is 1. The Morgan fingerprint density at radius 1 is 1.22 bits per heavy atom. The maximum atomic E-state index is 14.4. The summed E-state index contributed by atoms with van der Waals surface area (Å²) in [4.78, 5) is 17.1. The Morgan fingerprint density at radius 3 is 2.56 bits per heavy atom. The molecule has 186 valence electrons. The number of oxime groups is 1. The molecule has 2 aliphatic rings. The van der Waals surface area contributed by atoms with Gasteiger partial charge in [0, 0.05) is 30.8 Å². The third kappa shape index (κ3) is 4.66. The molecule has 2 aliphatic carbocycles. The van der Waals surface area contributed by atoms with Crippen LogP contribution in [-0.2, 0) is 26.2 Å². The van der Waals surface area contributed by atoms with Crippen molar-refractivity contribution >= 4 is 17.2 Å². The lowest BCUT2D eigenvalue weighted by Crippen LogP contribution is -2.32. The van der Waals surface area contributed by atoms with Gasteiger partial charge < -0.3 is 20.0 Å². The number of benzene rings is 1. The lowest BCUT2D eigenvalue weighted by Gasteiger charge is -2.27. The fourth-order valence-electron chi connectivity index (χ4n) is 4.67. The highest BCUT2D eigenvalue weighted by Gasteiger charge is 2.40. The first-order chi connectivity index (χ1) is 17.3. The number of nitrogens with zero attached hydrogens (tertiary/aromatic N) is 2. The van der Waals surface area contributed by atoms with E-state index in [2.05, 4.69) is 15.5 Å². The van der Waals surface area contributed by atoms with Gasteiger partial charge in [0.1, 0.15) is 5.82 Å². The first-order valence-electron chi connectivity index (χ1n) is 11.4. The molecule has 2 aromatic rings. The van der Waals surface area contributed by atoms with Gasteiger partial charge in [0.05, 0.1) is 14.2 Å². The van der Waals surface area contributed by atoms with Crippen LogP contribution in [-0.4, -0.2) is 36.0 Å². The number of carbonyl (C=O) groups excluding carboxylic acids is 1. The molecule has 36 heavy (non-hydrogen) atoms. The van der Waals surface area contributed by atoms with E-state index >= 15 is 0 Å². The summed E-state index contributed by atoms with van der Waals surface area (Å²) >= 11 is 0. The molecule has 1 amide bonds. The minimum Gasteiger partial charge on any atom is -0.494 e. The summed E-state index contributed by atoms with van der Waals surface area (Å²) in [5.41, 5.74) is 4.54. The second kappa shape index (κ2) is 10.2. The number of hydrogen-bond acceptors (Lipinski definition) is 6. The summed E-state index contributed by atoms with van der Waals surface area (Å²) in [5, 5.41) is 15.6. The second-order valence-electron chi connectivity index (χ2n) is 8.89. The quantitative estimate of drug-likeness (QED) is 0.430. The number of pyridine rings is 1. The summed E-state index contributed by atoms with van der Waals surface area (Å²) in [6.07, 6.45) is 8.95. The lowest BCUT2D eigenvalue weighted by atomic mass is 9.76. The predicted molar refractivity (Wildman–Crippen MR) is 135 cm³/mol. The molecule has 1 aromatic heterocycles. The number of ether oxygens (including phenoxy) is 2. The van der Waals surface area contributed by atoms with E-state index in [0.717, 1.165) is 33.4 Å². The zero-order valence-corrected chi connectivity index (χ0v) is 20.6. The highest BCUT2D eigenvalue weighted by atomic mass is 19.1. The predicted octanol–water partition coefficient (Wildman–Crippen LogP) is 4.80. The van der Waals surface area contributed by atoms with Crippen molar-refractivity contribution in [2.24, 2.45) is 5.16 Å². The van der Waals surface area contributed by atoms with Crippen molar-refractivity contribution in [2.45, 2.75) is 32.2 Å². The first-order valence-corrected chi connectivity index (χ1v) is 11.4. The van der Waals surface area contributed by atoms with E-state index in [-0.39, 0.29) is 23.9 Å². The first kappa shape index (κ1) is 24.9. The van der Waals surface area contributed by atoms with Gasteiger partial charge in [0.15, 0.2) is 17.2 Å². The van der Waals surface area contributed by atoms with Gasteiger partial charge in [0.25, 0.3) is 0 Å². The van der Waals surface area contributed by atoms with Crippen LogP contribution in [0.3, 0.4) is 0 Å². The van der Waals surface area contributed by atoms with Crippen molar-refractivity contribution in [3.63, 3.8) is 0 Å². The van der Waals surface area contributed by atoms with Crippen molar-refractivity contribution in [3.05, 3.63) is 106 Å². The van der Waals surface area contributed by atoms with E-state index in [1.54, 1.807) is 30.6 Å². The third-order valence-corrected chi connectivity index (χ3v) is 6.74. The number of hydrogen-bond donors (Lipinski definition) is 2. The van der Waals surface area contributed by atoms with E-state index < -0.39 is 5.41 Å². The maximum Gasteiger partial charge on any atom is 0.221 e. The number of rotatable bonds is 7. The van der Waals surface area contributed by atoms with Crippen LogP contribution in [0.4, 0.5) is 4.39 Å². The van der Waals surface area contributed by atoms with Crippen LogP contribution in [0.5, 0.6) is 0 Å². The minimum atomic E-state index is -0.711. The minimum absolute atomic E-state index is 0.144. The summed E-state index contributed by atoms with van der Waals surface area (Å²) in [5.74, 6) is 0.184. The smallest absolute Gasteiger partial charge is 0.221 e. The van der Waals surface area contributed by atoms with Crippen LogP contribution in [0.25, 0.3) is 5.57 Å². The van der Waals surface area contributed by atoms with Gasteiger partial charge in [-0.3, -0.25) is 9.78 Å². The van der Waals surface area contributed by atoms with E-state index in [1.165, 1.54) is 26.4 Å². The van der Waals surface area contributed by atoms with Crippen LogP contribution in [0.2, 0.25) is 0 Å². The average molecular weight is 490 g/mol. The maximum absolute atomic E-state index is 14.4. The SMILES string of the molecule is COC1=CC(=CC2=C(C)C(C)(CC(=O)NCc3cccnc3)c3cc(F)ccc32)C=C(OC)C1=NO. The topological polar surface area (TPSA) is 93.0 Å². The molecule has 8 heteroatoms. The van der Waals surface area contributed by atoms with Crippen molar-refractivity contribution in [2.75, 3.05) is 14.2 Å². The van der Waals surface area contributed by atoms with E-state index in [9.17, 15) is 14.4 Å².